The van der Waals surface area contributed by atoms with E-state index in [0.717, 1.165) is 0 Å². The van der Waals surface area contributed by atoms with Gasteiger partial charge in [-0.25, -0.2) is 4.79 Å². The third kappa shape index (κ3) is 3.60. The standard InChI is InChI=1S/C10H21N3O3/c1-5-10(6-2,8(11)13-15)12-9(14)16-7(3)4/h7,15H,5-6H2,1-4H3,(H2,11,13)(H,12,14). The number of nitrogens with two attached hydrogens (primary N) is 1. The first-order valence-electron chi connectivity index (χ1n) is 5.38. The molecule has 0 aliphatic carbocycles. The average molecular weight is 231 g/mol. The van der Waals surface area contributed by atoms with E-state index in [0.29, 0.717) is 12.8 Å². The number of hydrogen-bond acceptors (Lipinski definition) is 4. The molecule has 0 aromatic heterocycles. The number of nitrogens with zero attached hydrogens (tertiary/aromatic N) is 1. The highest BCUT2D eigenvalue weighted by Gasteiger charge is 2.34. The molecule has 6 nitrogen and oxygen atoms in total. The zero-order valence-corrected chi connectivity index (χ0v) is 10.3. The van der Waals surface area contributed by atoms with Gasteiger partial charge in [-0.05, 0) is 26.7 Å². The summed E-state index contributed by atoms with van der Waals surface area (Å²) in [5.41, 5.74) is 4.74. The van der Waals surface area contributed by atoms with Crippen LogP contribution in [0.3, 0.4) is 0 Å². The van der Waals surface area contributed by atoms with Gasteiger partial charge in [0, 0.05) is 0 Å². The van der Waals surface area contributed by atoms with Crippen molar-refractivity contribution in [3.8, 4) is 0 Å². The maximum Gasteiger partial charge on any atom is 0.408 e. The van der Waals surface area contributed by atoms with E-state index >= 15 is 0 Å². The number of amidine groups is 1. The SMILES string of the molecule is CCC(CC)(NC(=O)OC(C)C)C(N)=NO. The Balaban J connectivity index is 4.74. The van der Waals surface area contributed by atoms with Gasteiger partial charge in [0.05, 0.1) is 6.10 Å². The van der Waals surface area contributed by atoms with Gasteiger partial charge in [0.25, 0.3) is 0 Å². The Hall–Kier alpha value is -1.46. The fraction of sp³-hybridized carbons (Fsp3) is 0.800. The number of nitrogens with one attached hydrogen (secondary N) is 1. The Morgan fingerprint density at radius 3 is 2.31 bits per heavy atom. The van der Waals surface area contributed by atoms with E-state index in [4.69, 9.17) is 15.7 Å². The molecule has 0 radical (unpaired) electrons. The highest BCUT2D eigenvalue weighted by molar-refractivity contribution is 5.92. The molecule has 0 heterocycles. The van der Waals surface area contributed by atoms with E-state index in [2.05, 4.69) is 10.5 Å². The lowest BCUT2D eigenvalue weighted by Gasteiger charge is -2.31. The Morgan fingerprint density at radius 1 is 1.50 bits per heavy atom. The monoisotopic (exact) mass is 231 g/mol. The molecule has 0 spiro atoms. The first-order chi connectivity index (χ1) is 7.41. The van der Waals surface area contributed by atoms with Crippen LogP contribution in [-0.2, 0) is 4.74 Å². The second-order valence-corrected chi connectivity index (χ2v) is 3.85. The molecule has 0 fully saturated rings. The van der Waals surface area contributed by atoms with Crippen LogP contribution in [0.4, 0.5) is 4.79 Å². The van der Waals surface area contributed by atoms with Gasteiger partial charge in [-0.3, -0.25) is 0 Å². The summed E-state index contributed by atoms with van der Waals surface area (Å²) in [4.78, 5) is 11.5. The lowest BCUT2D eigenvalue weighted by atomic mass is 9.92. The van der Waals surface area contributed by atoms with E-state index < -0.39 is 11.6 Å². The molecule has 0 aliphatic rings. The van der Waals surface area contributed by atoms with Crippen LogP contribution >= 0.6 is 0 Å². The second-order valence-electron chi connectivity index (χ2n) is 3.85. The minimum Gasteiger partial charge on any atom is -0.447 e. The van der Waals surface area contributed by atoms with Crippen molar-refractivity contribution >= 4 is 11.9 Å². The molecule has 6 heteroatoms. The van der Waals surface area contributed by atoms with Crippen molar-refractivity contribution in [1.29, 1.82) is 0 Å². The molecular weight excluding hydrogens is 210 g/mol. The molecule has 0 saturated carbocycles. The Bertz CT molecular complexity index is 260. The lowest BCUT2D eigenvalue weighted by Crippen LogP contribution is -2.57. The van der Waals surface area contributed by atoms with Gasteiger partial charge < -0.3 is 21.0 Å². The van der Waals surface area contributed by atoms with Crippen LogP contribution in [0.1, 0.15) is 40.5 Å². The highest BCUT2D eigenvalue weighted by Crippen LogP contribution is 2.15. The van der Waals surface area contributed by atoms with Crippen molar-refractivity contribution in [2.75, 3.05) is 0 Å². The number of ether oxygens (including phenoxy) is 1. The van der Waals surface area contributed by atoms with Crippen molar-refractivity contribution < 1.29 is 14.7 Å². The number of carbonyl (C=O) groups is 1. The van der Waals surface area contributed by atoms with Gasteiger partial charge >= 0.3 is 6.09 Å². The smallest absolute Gasteiger partial charge is 0.408 e. The summed E-state index contributed by atoms with van der Waals surface area (Å²) < 4.78 is 4.96. The summed E-state index contributed by atoms with van der Waals surface area (Å²) in [6.07, 6.45) is 0.267. The van der Waals surface area contributed by atoms with Crippen LogP contribution < -0.4 is 11.1 Å². The largest absolute Gasteiger partial charge is 0.447 e. The number of carbonyl (C=O) groups excluding carboxylic acids is 1. The normalized spacial score (nSPS) is 12.7. The Kier molecular flexibility index (Phi) is 5.63. The first-order valence-corrected chi connectivity index (χ1v) is 5.38. The van der Waals surface area contributed by atoms with Crippen LogP contribution in [0.25, 0.3) is 0 Å². The first kappa shape index (κ1) is 14.5. The summed E-state index contributed by atoms with van der Waals surface area (Å²) >= 11 is 0. The van der Waals surface area contributed by atoms with Crippen LogP contribution in [0.15, 0.2) is 5.16 Å². The molecule has 1 amide bonds. The quantitative estimate of drug-likeness (QED) is 0.288. The molecule has 0 aromatic rings. The Morgan fingerprint density at radius 2 is 2.00 bits per heavy atom. The van der Waals surface area contributed by atoms with Gasteiger partial charge in [0.2, 0.25) is 0 Å². The number of hydrogen-bond donors (Lipinski definition) is 3. The highest BCUT2D eigenvalue weighted by atomic mass is 16.6. The second kappa shape index (κ2) is 6.19. The third-order valence-electron chi connectivity index (χ3n) is 2.49. The molecular formula is C10H21N3O3. The number of alkyl carbamates (subject to hydrolysis) is 1. The average Bonchev–Trinajstić information content (AvgIpc) is 2.23. The molecule has 0 bridgehead atoms. The molecule has 0 rings (SSSR count). The summed E-state index contributed by atoms with van der Waals surface area (Å²) in [6, 6.07) is 0. The van der Waals surface area contributed by atoms with Crippen LogP contribution in [-0.4, -0.2) is 28.8 Å². The van der Waals surface area contributed by atoms with Crippen molar-refractivity contribution in [3.63, 3.8) is 0 Å². The van der Waals surface area contributed by atoms with Gasteiger partial charge in [0.15, 0.2) is 5.84 Å². The van der Waals surface area contributed by atoms with Crippen molar-refractivity contribution in [3.05, 3.63) is 0 Å². The summed E-state index contributed by atoms with van der Waals surface area (Å²) in [7, 11) is 0. The molecule has 4 N–H and O–H groups in total. The Labute approximate surface area is 95.8 Å². The molecule has 0 unspecified atom stereocenters. The minimum absolute atomic E-state index is 0.0155. The lowest BCUT2D eigenvalue weighted by molar-refractivity contribution is 0.108. The summed E-state index contributed by atoms with van der Waals surface area (Å²) in [6.45, 7) is 7.19. The van der Waals surface area contributed by atoms with Gasteiger partial charge in [-0.15, -0.1) is 0 Å². The van der Waals surface area contributed by atoms with Crippen LogP contribution in [0.5, 0.6) is 0 Å². The van der Waals surface area contributed by atoms with Crippen molar-refractivity contribution in [2.24, 2.45) is 10.9 Å². The molecule has 0 atom stereocenters. The van der Waals surface area contributed by atoms with Crippen molar-refractivity contribution in [2.45, 2.75) is 52.2 Å². The predicted molar refractivity (Wildman–Crippen MR) is 61.5 cm³/mol. The van der Waals surface area contributed by atoms with Gasteiger partial charge in [-0.2, -0.15) is 0 Å². The fourth-order valence-electron chi connectivity index (χ4n) is 1.39. The number of amides is 1. The third-order valence-corrected chi connectivity index (χ3v) is 2.49. The molecule has 94 valence electrons. The van der Waals surface area contributed by atoms with Crippen LogP contribution in [0.2, 0.25) is 0 Å². The van der Waals surface area contributed by atoms with E-state index in [-0.39, 0.29) is 11.9 Å². The van der Waals surface area contributed by atoms with E-state index in [1.165, 1.54) is 0 Å². The number of oxime groups is 1. The van der Waals surface area contributed by atoms with Crippen LogP contribution in [0, 0.1) is 0 Å². The minimum atomic E-state index is -0.847. The van der Waals surface area contributed by atoms with Gasteiger partial charge in [-0.1, -0.05) is 19.0 Å². The fourth-order valence-corrected chi connectivity index (χ4v) is 1.39. The molecule has 0 saturated heterocycles. The molecule has 0 aromatic carbocycles. The molecule has 0 aliphatic heterocycles. The zero-order chi connectivity index (χ0) is 12.8. The number of rotatable bonds is 5. The summed E-state index contributed by atoms with van der Waals surface area (Å²) in [5, 5.41) is 14.3. The summed E-state index contributed by atoms with van der Waals surface area (Å²) in [5.74, 6) is -0.0155. The van der Waals surface area contributed by atoms with Crippen molar-refractivity contribution in [1.82, 2.24) is 5.32 Å². The van der Waals surface area contributed by atoms with E-state index in [9.17, 15) is 4.79 Å². The topological polar surface area (TPSA) is 96.9 Å². The predicted octanol–water partition coefficient (Wildman–Crippen LogP) is 1.43. The molecule has 16 heavy (non-hydrogen) atoms. The maximum atomic E-state index is 11.5. The van der Waals surface area contributed by atoms with E-state index in [1.807, 2.05) is 13.8 Å². The van der Waals surface area contributed by atoms with Gasteiger partial charge in [0.1, 0.15) is 5.54 Å². The zero-order valence-electron chi connectivity index (χ0n) is 10.3. The van der Waals surface area contributed by atoms with E-state index in [1.54, 1.807) is 13.8 Å². The maximum absolute atomic E-state index is 11.5.